The minimum atomic E-state index is 0.0547. The van der Waals surface area contributed by atoms with Crippen LogP contribution in [0.25, 0.3) is 0 Å². The van der Waals surface area contributed by atoms with Gasteiger partial charge in [0.2, 0.25) is 0 Å². The molecule has 1 aromatic heterocycles. The van der Waals surface area contributed by atoms with Gasteiger partial charge in [-0.25, -0.2) is 4.98 Å². The molecule has 1 atom stereocenters. The topological polar surface area (TPSA) is 38.5 Å². The lowest BCUT2D eigenvalue weighted by atomic mass is 10.2. The van der Waals surface area contributed by atoms with E-state index in [0.29, 0.717) is 5.02 Å². The zero-order valence-electron chi connectivity index (χ0n) is 11.6. The third-order valence-corrected chi connectivity index (χ3v) is 5.86. The Morgan fingerprint density at radius 3 is 2.55 bits per heavy atom. The summed E-state index contributed by atoms with van der Waals surface area (Å²) in [5.41, 5.74) is 1.15. The molecule has 0 radical (unpaired) electrons. The van der Waals surface area contributed by atoms with Crippen LogP contribution in [0.3, 0.4) is 0 Å². The maximum atomic E-state index is 5.99. The van der Waals surface area contributed by atoms with E-state index in [-0.39, 0.29) is 5.37 Å². The molecular weight excluding hydrogens is 357 g/mol. The second kappa shape index (κ2) is 7.59. The Morgan fingerprint density at radius 1 is 1.14 bits per heavy atom. The van der Waals surface area contributed by atoms with Crippen LogP contribution in [0, 0.1) is 0 Å². The van der Waals surface area contributed by atoms with E-state index in [4.69, 9.17) is 23.2 Å². The van der Waals surface area contributed by atoms with Crippen molar-refractivity contribution in [2.24, 2.45) is 4.99 Å². The van der Waals surface area contributed by atoms with Gasteiger partial charge in [-0.15, -0.1) is 0 Å². The first-order valence-electron chi connectivity index (χ1n) is 6.74. The molecule has 114 valence electrons. The van der Waals surface area contributed by atoms with Gasteiger partial charge in [0.1, 0.15) is 10.6 Å². The number of hydrogen-bond donors (Lipinski definition) is 1. The first kappa shape index (κ1) is 16.0. The smallest absolute Gasteiger partial charge is 0.271 e. The molecular formula is C15H14Cl2N3S2+. The lowest BCUT2D eigenvalue weighted by molar-refractivity contribution is -0.361. The summed E-state index contributed by atoms with van der Waals surface area (Å²) >= 11 is 15.4. The standard InChI is InChI=1S/C15H13Cl2N3S2/c16-11-3-1-10(2-4-11)14(22-15-18-7-8-21-15)20-13-6-5-12(17)9-19-13/h1-6,9,14H,7-8H2,(H,19,20)/p+1/t14-/m1/s1. The highest BCUT2D eigenvalue weighted by Gasteiger charge is 2.22. The van der Waals surface area contributed by atoms with Crippen molar-refractivity contribution in [1.29, 1.82) is 0 Å². The molecule has 0 amide bonds. The van der Waals surface area contributed by atoms with Crippen LogP contribution in [0.15, 0.2) is 47.6 Å². The highest BCUT2D eigenvalue weighted by Crippen LogP contribution is 2.36. The molecule has 2 aromatic rings. The van der Waals surface area contributed by atoms with Gasteiger partial charge in [0.15, 0.2) is 5.37 Å². The van der Waals surface area contributed by atoms with Gasteiger partial charge in [-0.05, 0) is 30.0 Å². The van der Waals surface area contributed by atoms with Crippen LogP contribution >= 0.6 is 46.7 Å². The van der Waals surface area contributed by atoms with Gasteiger partial charge in [0, 0.05) is 22.4 Å². The lowest BCUT2D eigenvalue weighted by Gasteiger charge is -2.14. The van der Waals surface area contributed by atoms with Crippen LogP contribution in [0.1, 0.15) is 10.9 Å². The predicted molar refractivity (Wildman–Crippen MR) is 98.2 cm³/mol. The van der Waals surface area contributed by atoms with Crippen LogP contribution in [-0.4, -0.2) is 16.7 Å². The SMILES string of the molecule is Clc1ccc([C@H](Nc2ccc(Cl)c[nH+]2)SC2=NCCS2)cc1. The molecule has 7 heteroatoms. The highest BCUT2D eigenvalue weighted by atomic mass is 35.5. The average molecular weight is 371 g/mol. The molecule has 1 aliphatic rings. The largest absolute Gasteiger partial charge is 0.273 e. The Kier molecular flexibility index (Phi) is 5.52. The fourth-order valence-electron chi connectivity index (χ4n) is 1.94. The molecule has 0 unspecified atom stereocenters. The van der Waals surface area contributed by atoms with Crippen molar-refractivity contribution in [1.82, 2.24) is 0 Å². The second-order valence-corrected chi connectivity index (χ2v) is 7.92. The van der Waals surface area contributed by atoms with Crippen LogP contribution in [-0.2, 0) is 0 Å². The van der Waals surface area contributed by atoms with Gasteiger partial charge >= 0.3 is 0 Å². The number of nitrogens with one attached hydrogen (secondary N) is 2. The van der Waals surface area contributed by atoms with E-state index < -0.39 is 0 Å². The number of halogens is 2. The molecule has 22 heavy (non-hydrogen) atoms. The Balaban J connectivity index is 1.81. The molecule has 0 spiro atoms. The summed E-state index contributed by atoms with van der Waals surface area (Å²) in [6.45, 7) is 0.896. The summed E-state index contributed by atoms with van der Waals surface area (Å²) in [5.74, 6) is 1.96. The first-order valence-corrected chi connectivity index (χ1v) is 9.36. The van der Waals surface area contributed by atoms with Gasteiger partial charge in [-0.2, -0.15) is 0 Å². The van der Waals surface area contributed by atoms with Crippen LogP contribution in [0.4, 0.5) is 5.82 Å². The minimum Gasteiger partial charge on any atom is -0.271 e. The molecule has 1 aromatic carbocycles. The third kappa shape index (κ3) is 4.32. The fraction of sp³-hybridized carbons (Fsp3) is 0.200. The summed E-state index contributed by atoms with van der Waals surface area (Å²) in [5, 5.41) is 4.95. The van der Waals surface area contributed by atoms with E-state index in [2.05, 4.69) is 15.3 Å². The van der Waals surface area contributed by atoms with Crippen molar-refractivity contribution in [2.45, 2.75) is 5.37 Å². The number of aromatic nitrogens is 1. The Labute approximate surface area is 147 Å². The van der Waals surface area contributed by atoms with Crippen molar-refractivity contribution < 1.29 is 4.98 Å². The van der Waals surface area contributed by atoms with E-state index in [1.165, 1.54) is 0 Å². The number of H-pyrrole nitrogens is 1. The summed E-state index contributed by atoms with van der Waals surface area (Å²) in [4.78, 5) is 7.66. The van der Waals surface area contributed by atoms with Gasteiger partial charge < -0.3 is 0 Å². The average Bonchev–Trinajstić information content (AvgIpc) is 3.03. The number of benzene rings is 1. The van der Waals surface area contributed by atoms with Gasteiger partial charge in [0.05, 0.1) is 11.6 Å². The second-order valence-electron chi connectivity index (χ2n) is 4.61. The lowest BCUT2D eigenvalue weighted by Crippen LogP contribution is -2.16. The van der Waals surface area contributed by atoms with Crippen molar-refractivity contribution in [2.75, 3.05) is 17.6 Å². The number of aromatic amines is 1. The Bertz CT molecular complexity index is 659. The number of pyridine rings is 1. The molecule has 0 aliphatic carbocycles. The number of rotatable bonds is 4. The molecule has 0 bridgehead atoms. The molecule has 2 N–H and O–H groups in total. The summed E-state index contributed by atoms with van der Waals surface area (Å²) in [7, 11) is 0. The maximum absolute atomic E-state index is 5.99. The number of nitrogens with zero attached hydrogens (tertiary/aromatic N) is 1. The molecule has 0 saturated carbocycles. The molecule has 2 heterocycles. The van der Waals surface area contributed by atoms with E-state index in [0.717, 1.165) is 33.1 Å². The molecule has 3 rings (SSSR count). The Morgan fingerprint density at radius 2 is 1.91 bits per heavy atom. The van der Waals surface area contributed by atoms with E-state index >= 15 is 0 Å². The monoisotopic (exact) mass is 370 g/mol. The maximum Gasteiger partial charge on any atom is 0.273 e. The molecule has 3 nitrogen and oxygen atoms in total. The quantitative estimate of drug-likeness (QED) is 0.788. The number of hydrogen-bond acceptors (Lipinski definition) is 4. The van der Waals surface area contributed by atoms with Crippen molar-refractivity contribution >= 4 is 56.9 Å². The van der Waals surface area contributed by atoms with Crippen molar-refractivity contribution in [3.63, 3.8) is 0 Å². The Hall–Kier alpha value is -0.880. The van der Waals surface area contributed by atoms with Gasteiger partial charge in [-0.3, -0.25) is 10.3 Å². The molecule has 0 fully saturated rings. The van der Waals surface area contributed by atoms with E-state index in [9.17, 15) is 0 Å². The fourth-order valence-corrected chi connectivity index (χ4v) is 4.38. The van der Waals surface area contributed by atoms with E-state index in [1.54, 1.807) is 29.7 Å². The summed E-state index contributed by atoms with van der Waals surface area (Å²) in [6, 6.07) is 11.6. The zero-order chi connectivity index (χ0) is 15.4. The van der Waals surface area contributed by atoms with Crippen molar-refractivity contribution in [3.05, 3.63) is 58.2 Å². The molecule has 1 aliphatic heterocycles. The zero-order valence-corrected chi connectivity index (χ0v) is 14.7. The van der Waals surface area contributed by atoms with Crippen LogP contribution in [0.5, 0.6) is 0 Å². The normalized spacial score (nSPS) is 15.5. The van der Waals surface area contributed by atoms with Crippen LogP contribution < -0.4 is 10.3 Å². The van der Waals surface area contributed by atoms with Gasteiger partial charge in [-0.1, -0.05) is 47.1 Å². The third-order valence-electron chi connectivity index (χ3n) is 3.01. The van der Waals surface area contributed by atoms with Crippen molar-refractivity contribution in [3.8, 4) is 0 Å². The highest BCUT2D eigenvalue weighted by molar-refractivity contribution is 8.39. The summed E-state index contributed by atoms with van der Waals surface area (Å²) in [6.07, 6.45) is 1.76. The first-order chi connectivity index (χ1) is 10.7. The number of thioether (sulfide) groups is 2. The van der Waals surface area contributed by atoms with E-state index in [1.807, 2.05) is 36.4 Å². The van der Waals surface area contributed by atoms with Crippen LogP contribution in [0.2, 0.25) is 10.0 Å². The minimum absolute atomic E-state index is 0.0547. The number of anilines is 1. The summed E-state index contributed by atoms with van der Waals surface area (Å²) < 4.78 is 1.11. The number of aliphatic imine (C=N–C) groups is 1. The van der Waals surface area contributed by atoms with Gasteiger partial charge in [0.25, 0.3) is 5.82 Å². The predicted octanol–water partition coefficient (Wildman–Crippen LogP) is 4.75. The molecule has 0 saturated heterocycles.